The molecule has 7 nitrogen and oxygen atoms in total. The van der Waals surface area contributed by atoms with Crippen LogP contribution in [0.15, 0.2) is 72.4 Å². The molecule has 0 fully saturated rings. The molecule has 3 amide bonds. The number of anilines is 1. The van der Waals surface area contributed by atoms with Gasteiger partial charge in [-0.15, -0.1) is 16.8 Å². The first kappa shape index (κ1) is 20.6. The molecule has 0 atom stereocenters. The van der Waals surface area contributed by atoms with Crippen LogP contribution < -0.4 is 10.6 Å². The first-order valence-electron chi connectivity index (χ1n) is 8.65. The van der Waals surface area contributed by atoms with Gasteiger partial charge in [-0.3, -0.25) is 14.7 Å². The van der Waals surface area contributed by atoms with Gasteiger partial charge in [0.25, 0.3) is 0 Å². The predicted octanol–water partition coefficient (Wildman–Crippen LogP) is 4.22. The Balaban J connectivity index is 1.62. The number of rotatable bonds is 7. The fraction of sp³-hybridized carbons (Fsp3) is 0.100. The van der Waals surface area contributed by atoms with Crippen molar-refractivity contribution >= 4 is 41.0 Å². The molecule has 0 radical (unpaired) electrons. The quantitative estimate of drug-likeness (QED) is 0.435. The number of benzene rings is 2. The van der Waals surface area contributed by atoms with Gasteiger partial charge < -0.3 is 5.32 Å². The van der Waals surface area contributed by atoms with Crippen LogP contribution in [-0.4, -0.2) is 32.5 Å². The van der Waals surface area contributed by atoms with E-state index in [9.17, 15) is 9.59 Å². The Morgan fingerprint density at radius 2 is 1.83 bits per heavy atom. The van der Waals surface area contributed by atoms with E-state index < -0.39 is 11.9 Å². The van der Waals surface area contributed by atoms with Gasteiger partial charge in [0.2, 0.25) is 5.91 Å². The van der Waals surface area contributed by atoms with Crippen LogP contribution in [0.1, 0.15) is 0 Å². The molecule has 29 heavy (non-hydrogen) atoms. The van der Waals surface area contributed by atoms with Crippen LogP contribution in [0.25, 0.3) is 11.4 Å². The minimum atomic E-state index is -0.587. The van der Waals surface area contributed by atoms with Crippen molar-refractivity contribution in [2.24, 2.45) is 0 Å². The summed E-state index contributed by atoms with van der Waals surface area (Å²) in [5, 5.41) is 14.5. The maximum absolute atomic E-state index is 12.1. The Labute approximate surface area is 177 Å². The summed E-state index contributed by atoms with van der Waals surface area (Å²) in [5.74, 6) is 0.217. The van der Waals surface area contributed by atoms with Gasteiger partial charge in [0.05, 0.1) is 5.75 Å². The maximum atomic E-state index is 12.1. The van der Waals surface area contributed by atoms with Crippen LogP contribution in [0, 0.1) is 0 Å². The van der Waals surface area contributed by atoms with Crippen LogP contribution in [0.4, 0.5) is 10.5 Å². The predicted molar refractivity (Wildman–Crippen MR) is 115 cm³/mol. The SMILES string of the molecule is C=CCn1c(SCC(=O)NC(=O)Nc2ccccc2)nnc1-c1ccc(Cl)cc1. The standard InChI is InChI=1S/C20H18ClN5O2S/c1-2-12-26-18(14-8-10-15(21)11-9-14)24-25-20(26)29-13-17(27)23-19(28)22-16-6-4-3-5-7-16/h2-11H,1,12-13H2,(H2,22,23,27,28). The van der Waals surface area contributed by atoms with E-state index in [4.69, 9.17) is 11.6 Å². The van der Waals surface area contributed by atoms with E-state index in [2.05, 4.69) is 27.4 Å². The second-order valence-corrected chi connectivity index (χ2v) is 7.25. The molecule has 0 aliphatic rings. The second kappa shape index (κ2) is 9.90. The number of allylic oxidation sites excluding steroid dienone is 1. The van der Waals surface area contributed by atoms with Crippen molar-refractivity contribution in [2.75, 3.05) is 11.1 Å². The highest BCUT2D eigenvalue weighted by molar-refractivity contribution is 7.99. The van der Waals surface area contributed by atoms with Crippen molar-refractivity contribution in [3.63, 3.8) is 0 Å². The highest BCUT2D eigenvalue weighted by Crippen LogP contribution is 2.25. The minimum Gasteiger partial charge on any atom is -0.308 e. The van der Waals surface area contributed by atoms with E-state index >= 15 is 0 Å². The van der Waals surface area contributed by atoms with Crippen LogP contribution in [0.2, 0.25) is 5.02 Å². The number of nitrogens with one attached hydrogen (secondary N) is 2. The van der Waals surface area contributed by atoms with Crippen molar-refractivity contribution in [3.8, 4) is 11.4 Å². The molecule has 0 aliphatic heterocycles. The minimum absolute atomic E-state index is 0.0120. The van der Waals surface area contributed by atoms with Gasteiger partial charge in [-0.25, -0.2) is 4.79 Å². The van der Waals surface area contributed by atoms with Gasteiger partial charge in [-0.1, -0.05) is 47.6 Å². The number of carbonyl (C=O) groups excluding carboxylic acids is 2. The van der Waals surface area contributed by atoms with Gasteiger partial charge in [0.1, 0.15) is 0 Å². The highest BCUT2D eigenvalue weighted by Gasteiger charge is 2.16. The topological polar surface area (TPSA) is 88.9 Å². The molecule has 0 bridgehead atoms. The van der Waals surface area contributed by atoms with Crippen molar-refractivity contribution in [1.82, 2.24) is 20.1 Å². The summed E-state index contributed by atoms with van der Waals surface area (Å²) >= 11 is 7.13. The van der Waals surface area contributed by atoms with Gasteiger partial charge in [0, 0.05) is 22.8 Å². The number of nitrogens with zero attached hydrogens (tertiary/aromatic N) is 3. The largest absolute Gasteiger partial charge is 0.325 e. The lowest BCUT2D eigenvalue weighted by atomic mass is 10.2. The molecule has 1 aromatic heterocycles. The molecular formula is C20H18ClN5O2S. The van der Waals surface area contributed by atoms with Crippen LogP contribution >= 0.6 is 23.4 Å². The summed E-state index contributed by atoms with van der Waals surface area (Å²) in [7, 11) is 0. The highest BCUT2D eigenvalue weighted by atomic mass is 35.5. The zero-order chi connectivity index (χ0) is 20.6. The Kier molecular flexibility index (Phi) is 7.04. The third kappa shape index (κ3) is 5.69. The number of carbonyl (C=O) groups is 2. The number of aromatic nitrogens is 3. The first-order valence-corrected chi connectivity index (χ1v) is 10.0. The zero-order valence-corrected chi connectivity index (χ0v) is 16.9. The van der Waals surface area contributed by atoms with Gasteiger partial charge in [-0.2, -0.15) is 0 Å². The molecule has 1 heterocycles. The lowest BCUT2D eigenvalue weighted by molar-refractivity contribution is -0.117. The number of hydrogen-bond donors (Lipinski definition) is 2. The number of imide groups is 1. The first-order chi connectivity index (χ1) is 14.1. The van der Waals surface area contributed by atoms with Crippen LogP contribution in [-0.2, 0) is 11.3 Å². The van der Waals surface area contributed by atoms with Crippen LogP contribution in [0.5, 0.6) is 0 Å². The molecule has 0 spiro atoms. The smallest absolute Gasteiger partial charge is 0.308 e. The molecule has 2 N–H and O–H groups in total. The fourth-order valence-corrected chi connectivity index (χ4v) is 3.35. The Bertz CT molecular complexity index is 1010. The fourth-order valence-electron chi connectivity index (χ4n) is 2.48. The summed E-state index contributed by atoms with van der Waals surface area (Å²) in [6, 6.07) is 15.5. The van der Waals surface area contributed by atoms with Crippen molar-refractivity contribution in [1.29, 1.82) is 0 Å². The van der Waals surface area contributed by atoms with Crippen LogP contribution in [0.3, 0.4) is 0 Å². The molecular weight excluding hydrogens is 410 g/mol. The van der Waals surface area contributed by atoms with E-state index in [1.807, 2.05) is 22.8 Å². The Morgan fingerprint density at radius 1 is 1.10 bits per heavy atom. The normalized spacial score (nSPS) is 10.4. The Morgan fingerprint density at radius 3 is 2.52 bits per heavy atom. The number of amides is 3. The molecule has 148 valence electrons. The molecule has 0 saturated heterocycles. The summed E-state index contributed by atoms with van der Waals surface area (Å²) < 4.78 is 1.85. The summed E-state index contributed by atoms with van der Waals surface area (Å²) in [5.41, 5.74) is 1.45. The number of halogens is 1. The van der Waals surface area contributed by atoms with E-state index in [0.717, 1.165) is 5.56 Å². The van der Waals surface area contributed by atoms with Crippen molar-refractivity contribution < 1.29 is 9.59 Å². The molecule has 3 rings (SSSR count). The van der Waals surface area contributed by atoms with Gasteiger partial charge in [-0.05, 0) is 36.4 Å². The third-order valence-electron chi connectivity index (χ3n) is 3.75. The lowest BCUT2D eigenvalue weighted by Gasteiger charge is -2.08. The van der Waals surface area contributed by atoms with E-state index in [1.165, 1.54) is 11.8 Å². The molecule has 9 heteroatoms. The average Bonchev–Trinajstić information content (AvgIpc) is 3.10. The molecule has 2 aromatic carbocycles. The average molecular weight is 428 g/mol. The van der Waals surface area contributed by atoms with Crippen molar-refractivity contribution in [3.05, 3.63) is 72.3 Å². The number of urea groups is 1. The second-order valence-electron chi connectivity index (χ2n) is 5.87. The van der Waals surface area contributed by atoms with E-state index in [-0.39, 0.29) is 5.75 Å². The lowest BCUT2D eigenvalue weighted by Crippen LogP contribution is -2.35. The molecule has 0 unspecified atom stereocenters. The van der Waals surface area contributed by atoms with E-state index in [0.29, 0.717) is 28.2 Å². The zero-order valence-electron chi connectivity index (χ0n) is 15.3. The van der Waals surface area contributed by atoms with Crippen molar-refractivity contribution in [2.45, 2.75) is 11.7 Å². The maximum Gasteiger partial charge on any atom is 0.325 e. The molecule has 0 saturated carbocycles. The third-order valence-corrected chi connectivity index (χ3v) is 4.97. The number of hydrogen-bond acceptors (Lipinski definition) is 5. The summed E-state index contributed by atoms with van der Waals surface area (Å²) in [6.45, 7) is 4.24. The van der Waals surface area contributed by atoms with Gasteiger partial charge in [0.15, 0.2) is 11.0 Å². The molecule has 3 aromatic rings. The monoisotopic (exact) mass is 427 g/mol. The van der Waals surface area contributed by atoms with E-state index in [1.54, 1.807) is 42.5 Å². The Hall–Kier alpha value is -3.10. The summed E-state index contributed by atoms with van der Waals surface area (Å²) in [4.78, 5) is 24.0. The number of para-hydroxylation sites is 1. The van der Waals surface area contributed by atoms with Gasteiger partial charge >= 0.3 is 6.03 Å². The number of thioether (sulfide) groups is 1. The summed E-state index contributed by atoms with van der Waals surface area (Å²) in [6.07, 6.45) is 1.72. The molecule has 0 aliphatic carbocycles.